The Bertz CT molecular complexity index is 765. The molecule has 0 fully saturated rings. The van der Waals surface area contributed by atoms with E-state index in [0.29, 0.717) is 15.6 Å². The fourth-order valence-electron chi connectivity index (χ4n) is 2.39. The van der Waals surface area contributed by atoms with Crippen LogP contribution in [0.3, 0.4) is 0 Å². The number of phenolic OH excluding ortho intramolecular Hbond substituents is 1. The van der Waals surface area contributed by atoms with E-state index in [-0.39, 0.29) is 23.4 Å². The largest absolute Gasteiger partial charge is 0.508 e. The Morgan fingerprint density at radius 3 is 1.96 bits per heavy atom. The quantitative estimate of drug-likeness (QED) is 0.846. The highest BCUT2D eigenvalue weighted by Gasteiger charge is 2.41. The van der Waals surface area contributed by atoms with Gasteiger partial charge in [-0.05, 0) is 29.8 Å². The van der Waals surface area contributed by atoms with Crippen molar-refractivity contribution in [2.24, 2.45) is 0 Å². The molecule has 1 heterocycles. The fraction of sp³-hybridized carbons (Fsp3) is 0.0625. The summed E-state index contributed by atoms with van der Waals surface area (Å²) >= 11 is 0. The minimum absolute atomic E-state index is 0.0383. The Kier molecular flexibility index (Phi) is 3.46. The third-order valence-electron chi connectivity index (χ3n) is 3.50. The van der Waals surface area contributed by atoms with Crippen LogP contribution in [-0.4, -0.2) is 38.1 Å². The van der Waals surface area contributed by atoms with Gasteiger partial charge in [0, 0.05) is 0 Å². The minimum atomic E-state index is -1.42. The number of imide groups is 1. The molecule has 0 bridgehead atoms. The zero-order valence-corrected chi connectivity index (χ0v) is 11.8. The number of carbonyl (C=O) groups is 3. The summed E-state index contributed by atoms with van der Waals surface area (Å²) in [6.45, 7) is -0.193. The van der Waals surface area contributed by atoms with Crippen molar-refractivity contribution in [3.05, 3.63) is 65.2 Å². The number of nitrogens with zero attached hydrogens (tertiary/aromatic N) is 2. The Balaban J connectivity index is 1.94. The van der Waals surface area contributed by atoms with Crippen molar-refractivity contribution in [1.82, 2.24) is 10.0 Å². The summed E-state index contributed by atoms with van der Waals surface area (Å²) in [5, 5.41) is 19.9. The fourth-order valence-corrected chi connectivity index (χ4v) is 2.39. The van der Waals surface area contributed by atoms with Crippen molar-refractivity contribution < 1.29 is 24.6 Å². The molecule has 2 N–H and O–H groups in total. The number of fused-ring (bicyclic) bond motifs is 1. The van der Waals surface area contributed by atoms with Crippen molar-refractivity contribution in [3.8, 4) is 5.75 Å². The number of carbonyl (C=O) groups excluding carboxylic acids is 2. The molecule has 7 nitrogen and oxygen atoms in total. The summed E-state index contributed by atoms with van der Waals surface area (Å²) in [7, 11) is 0. The number of phenols is 1. The van der Waals surface area contributed by atoms with Crippen LogP contribution in [0.25, 0.3) is 0 Å². The zero-order valence-electron chi connectivity index (χ0n) is 11.8. The molecule has 116 valence electrons. The minimum Gasteiger partial charge on any atom is -0.508 e. The number of hydrogen-bond acceptors (Lipinski definition) is 4. The molecule has 0 aliphatic carbocycles. The summed E-state index contributed by atoms with van der Waals surface area (Å²) in [4.78, 5) is 36.2. The SMILES string of the molecule is O=C(O)N(Cc1ccc(O)cc1)N1C(=O)c2ccccc2C1=O. The summed E-state index contributed by atoms with van der Waals surface area (Å²) < 4.78 is 0. The highest BCUT2D eigenvalue weighted by Crippen LogP contribution is 2.25. The predicted molar refractivity (Wildman–Crippen MR) is 78.6 cm³/mol. The van der Waals surface area contributed by atoms with Gasteiger partial charge >= 0.3 is 6.09 Å². The summed E-state index contributed by atoms with van der Waals surface area (Å²) in [5.41, 5.74) is 0.880. The number of hydrazine groups is 1. The second kappa shape index (κ2) is 5.45. The topological polar surface area (TPSA) is 98.1 Å². The molecule has 0 unspecified atom stereocenters. The highest BCUT2D eigenvalue weighted by atomic mass is 16.4. The Morgan fingerprint density at radius 2 is 1.48 bits per heavy atom. The van der Waals surface area contributed by atoms with Crippen LogP contribution in [0.4, 0.5) is 4.79 Å². The Labute approximate surface area is 131 Å². The summed E-state index contributed by atoms with van der Waals surface area (Å²) in [5.74, 6) is -1.31. The Hall–Kier alpha value is -3.35. The standard InChI is InChI=1S/C16H12N2O5/c19-11-7-5-10(6-8-11)9-17(16(22)23)18-14(20)12-3-1-2-4-13(12)15(18)21/h1-8,19H,9H2,(H,22,23). The van der Waals surface area contributed by atoms with Gasteiger partial charge in [-0.15, -0.1) is 0 Å². The van der Waals surface area contributed by atoms with Gasteiger partial charge in [0.2, 0.25) is 0 Å². The molecule has 3 rings (SSSR count). The normalized spacial score (nSPS) is 13.1. The first-order chi connectivity index (χ1) is 11.0. The van der Waals surface area contributed by atoms with Gasteiger partial charge in [0.15, 0.2) is 0 Å². The van der Waals surface area contributed by atoms with Crippen LogP contribution in [0.5, 0.6) is 5.75 Å². The number of amides is 3. The van der Waals surface area contributed by atoms with Crippen molar-refractivity contribution in [3.63, 3.8) is 0 Å². The average molecular weight is 312 g/mol. The molecule has 0 spiro atoms. The molecule has 3 amide bonds. The third-order valence-corrected chi connectivity index (χ3v) is 3.50. The number of hydrogen-bond donors (Lipinski definition) is 2. The van der Waals surface area contributed by atoms with Crippen LogP contribution in [0, 0.1) is 0 Å². The molecule has 7 heteroatoms. The molecule has 0 atom stereocenters. The summed E-state index contributed by atoms with van der Waals surface area (Å²) in [6.07, 6.45) is -1.42. The molecule has 1 aliphatic rings. The maximum atomic E-state index is 12.4. The van der Waals surface area contributed by atoms with Gasteiger partial charge < -0.3 is 10.2 Å². The number of carboxylic acid groups (broad SMARTS) is 1. The van der Waals surface area contributed by atoms with Gasteiger partial charge in [-0.1, -0.05) is 24.3 Å². The van der Waals surface area contributed by atoms with Crippen LogP contribution in [0.15, 0.2) is 48.5 Å². The molecule has 2 aromatic carbocycles. The van der Waals surface area contributed by atoms with Crippen LogP contribution in [-0.2, 0) is 6.54 Å². The summed E-state index contributed by atoms with van der Waals surface area (Å²) in [6, 6.07) is 12.0. The average Bonchev–Trinajstić information content (AvgIpc) is 2.79. The van der Waals surface area contributed by atoms with E-state index < -0.39 is 17.9 Å². The van der Waals surface area contributed by atoms with Crippen LogP contribution in [0.1, 0.15) is 26.3 Å². The maximum Gasteiger partial charge on any atom is 0.427 e. The van der Waals surface area contributed by atoms with Crippen LogP contribution in [0.2, 0.25) is 0 Å². The number of rotatable bonds is 3. The second-order valence-electron chi connectivity index (χ2n) is 4.97. The van der Waals surface area contributed by atoms with Crippen molar-refractivity contribution in [1.29, 1.82) is 0 Å². The lowest BCUT2D eigenvalue weighted by Gasteiger charge is -2.27. The lowest BCUT2D eigenvalue weighted by molar-refractivity contribution is 0.00326. The molecule has 23 heavy (non-hydrogen) atoms. The predicted octanol–water partition coefficient (Wildman–Crippen LogP) is 2.08. The van der Waals surface area contributed by atoms with Gasteiger partial charge in [0.25, 0.3) is 11.8 Å². The number of benzene rings is 2. The number of aromatic hydroxyl groups is 1. The first kappa shape index (κ1) is 14.6. The van der Waals surface area contributed by atoms with E-state index in [1.54, 1.807) is 12.1 Å². The van der Waals surface area contributed by atoms with Gasteiger partial charge in [-0.2, -0.15) is 5.01 Å². The smallest absolute Gasteiger partial charge is 0.427 e. The second-order valence-corrected chi connectivity index (χ2v) is 4.97. The molecule has 0 saturated heterocycles. The van der Waals surface area contributed by atoms with E-state index in [9.17, 15) is 24.6 Å². The van der Waals surface area contributed by atoms with Gasteiger partial charge in [-0.3, -0.25) is 9.59 Å². The van der Waals surface area contributed by atoms with E-state index in [4.69, 9.17) is 0 Å². The van der Waals surface area contributed by atoms with Crippen molar-refractivity contribution >= 4 is 17.9 Å². The van der Waals surface area contributed by atoms with Gasteiger partial charge in [-0.25, -0.2) is 9.80 Å². The third kappa shape index (κ3) is 2.48. The molecule has 0 saturated carbocycles. The molecule has 0 aromatic heterocycles. The maximum absolute atomic E-state index is 12.4. The van der Waals surface area contributed by atoms with E-state index in [2.05, 4.69) is 0 Å². The van der Waals surface area contributed by atoms with Crippen molar-refractivity contribution in [2.75, 3.05) is 0 Å². The lowest BCUT2D eigenvalue weighted by atomic mass is 10.1. The molecule has 1 aliphatic heterocycles. The van der Waals surface area contributed by atoms with Gasteiger partial charge in [0.1, 0.15) is 5.75 Å². The lowest BCUT2D eigenvalue weighted by Crippen LogP contribution is -2.48. The van der Waals surface area contributed by atoms with E-state index in [0.717, 1.165) is 0 Å². The van der Waals surface area contributed by atoms with Crippen LogP contribution >= 0.6 is 0 Å². The first-order valence-corrected chi connectivity index (χ1v) is 6.75. The molecule has 0 radical (unpaired) electrons. The van der Waals surface area contributed by atoms with Crippen LogP contribution < -0.4 is 0 Å². The van der Waals surface area contributed by atoms with E-state index in [1.807, 2.05) is 0 Å². The monoisotopic (exact) mass is 312 g/mol. The molecule has 2 aromatic rings. The van der Waals surface area contributed by atoms with Crippen molar-refractivity contribution in [2.45, 2.75) is 6.54 Å². The van der Waals surface area contributed by atoms with E-state index in [1.165, 1.54) is 36.4 Å². The molecular weight excluding hydrogens is 300 g/mol. The zero-order chi connectivity index (χ0) is 16.6. The van der Waals surface area contributed by atoms with Gasteiger partial charge in [0.05, 0.1) is 17.7 Å². The first-order valence-electron chi connectivity index (χ1n) is 6.75. The Morgan fingerprint density at radius 1 is 0.957 bits per heavy atom. The molecular formula is C16H12N2O5. The van der Waals surface area contributed by atoms with E-state index >= 15 is 0 Å². The highest BCUT2D eigenvalue weighted by molar-refractivity contribution is 6.21.